The fourth-order valence-electron chi connectivity index (χ4n) is 2.60. The van der Waals surface area contributed by atoms with Crippen LogP contribution in [0.5, 0.6) is 0 Å². The molecule has 0 aliphatic rings. The van der Waals surface area contributed by atoms with Crippen LogP contribution in [0, 0.1) is 0 Å². The van der Waals surface area contributed by atoms with E-state index in [1.165, 1.54) is 4.57 Å². The third-order valence-electron chi connectivity index (χ3n) is 3.55. The predicted molar refractivity (Wildman–Crippen MR) is 84.1 cm³/mol. The molecule has 7 heteroatoms. The normalized spacial score (nSPS) is 11.5. The van der Waals surface area contributed by atoms with Gasteiger partial charge in [-0.2, -0.15) is 4.98 Å². The summed E-state index contributed by atoms with van der Waals surface area (Å²) in [5.74, 6) is 0.634. The first-order valence-electron chi connectivity index (χ1n) is 7.47. The highest BCUT2D eigenvalue weighted by atomic mass is 16.2. The van der Waals surface area contributed by atoms with Crippen molar-refractivity contribution >= 4 is 17.1 Å². The molecule has 116 valence electrons. The molecule has 2 rings (SSSR count). The lowest BCUT2D eigenvalue weighted by atomic mass is 10.3. The summed E-state index contributed by atoms with van der Waals surface area (Å²) in [7, 11) is 0. The van der Waals surface area contributed by atoms with Gasteiger partial charge in [-0.1, -0.05) is 0 Å². The second-order valence-corrected chi connectivity index (χ2v) is 5.18. The van der Waals surface area contributed by atoms with Crippen molar-refractivity contribution in [3.63, 3.8) is 0 Å². The van der Waals surface area contributed by atoms with Gasteiger partial charge in [0.05, 0.1) is 0 Å². The van der Waals surface area contributed by atoms with Gasteiger partial charge in [0.25, 0.3) is 5.56 Å². The van der Waals surface area contributed by atoms with Gasteiger partial charge < -0.3 is 9.88 Å². The van der Waals surface area contributed by atoms with Crippen molar-refractivity contribution in [2.45, 2.75) is 53.8 Å². The number of aromatic nitrogens is 4. The molecule has 0 saturated heterocycles. The van der Waals surface area contributed by atoms with Crippen molar-refractivity contribution < 1.29 is 0 Å². The number of rotatable bonds is 5. The Kier molecular flexibility index (Phi) is 4.20. The van der Waals surface area contributed by atoms with E-state index in [1.54, 1.807) is 11.5 Å². The molecule has 0 amide bonds. The zero-order chi connectivity index (χ0) is 15.7. The molecule has 2 aromatic heterocycles. The van der Waals surface area contributed by atoms with Gasteiger partial charge in [-0.25, -0.2) is 4.79 Å². The molecule has 0 unspecified atom stereocenters. The molecule has 1 N–H and O–H groups in total. The third-order valence-corrected chi connectivity index (χ3v) is 3.55. The molecule has 7 nitrogen and oxygen atoms in total. The molecule has 0 radical (unpaired) electrons. The Morgan fingerprint density at radius 1 is 1.10 bits per heavy atom. The molecular formula is C14H23N5O2. The van der Waals surface area contributed by atoms with Crippen LogP contribution < -0.4 is 16.6 Å². The van der Waals surface area contributed by atoms with Gasteiger partial charge in [0.15, 0.2) is 11.2 Å². The summed E-state index contributed by atoms with van der Waals surface area (Å²) in [5, 5.41) is 3.16. The van der Waals surface area contributed by atoms with Crippen molar-refractivity contribution in [3.8, 4) is 0 Å². The molecule has 0 bridgehead atoms. The van der Waals surface area contributed by atoms with E-state index in [0.29, 0.717) is 36.7 Å². The van der Waals surface area contributed by atoms with Crippen LogP contribution in [0.25, 0.3) is 11.2 Å². The largest absolute Gasteiger partial charge is 0.356 e. The summed E-state index contributed by atoms with van der Waals surface area (Å²) in [6.45, 7) is 11.3. The Bertz CT molecular complexity index is 766. The third kappa shape index (κ3) is 2.26. The second-order valence-electron chi connectivity index (χ2n) is 5.18. The highest BCUT2D eigenvalue weighted by Gasteiger charge is 2.21. The topological polar surface area (TPSA) is 73.8 Å². The molecule has 0 fully saturated rings. The van der Waals surface area contributed by atoms with E-state index in [9.17, 15) is 9.59 Å². The lowest BCUT2D eigenvalue weighted by molar-refractivity contribution is 0.532. The molecule has 2 heterocycles. The lowest BCUT2D eigenvalue weighted by Gasteiger charge is -2.13. The number of aryl methyl sites for hydroxylation is 1. The van der Waals surface area contributed by atoms with Gasteiger partial charge in [-0.3, -0.25) is 13.9 Å². The minimum absolute atomic E-state index is 0.0620. The first kappa shape index (κ1) is 15.3. The maximum absolute atomic E-state index is 12.6. The summed E-state index contributed by atoms with van der Waals surface area (Å²) in [6.07, 6.45) is 0. The zero-order valence-corrected chi connectivity index (χ0v) is 13.3. The van der Waals surface area contributed by atoms with Crippen LogP contribution in [0.15, 0.2) is 9.59 Å². The van der Waals surface area contributed by atoms with E-state index in [1.807, 2.05) is 32.3 Å². The van der Waals surface area contributed by atoms with Crippen molar-refractivity contribution in [1.82, 2.24) is 18.7 Å². The van der Waals surface area contributed by atoms with E-state index < -0.39 is 0 Å². The van der Waals surface area contributed by atoms with Gasteiger partial charge >= 0.3 is 5.69 Å². The summed E-state index contributed by atoms with van der Waals surface area (Å²) in [6, 6.07) is -0.0620. The number of hydrogen-bond acceptors (Lipinski definition) is 4. The van der Waals surface area contributed by atoms with Crippen molar-refractivity contribution in [1.29, 1.82) is 0 Å². The molecule has 0 aliphatic heterocycles. The number of imidazole rings is 1. The molecule has 21 heavy (non-hydrogen) atoms. The van der Waals surface area contributed by atoms with Crippen LogP contribution in [0.2, 0.25) is 0 Å². The Labute approximate surface area is 123 Å². The van der Waals surface area contributed by atoms with E-state index in [0.717, 1.165) is 0 Å². The quantitative estimate of drug-likeness (QED) is 0.904. The smallest absolute Gasteiger partial charge is 0.332 e. The lowest BCUT2D eigenvalue weighted by Crippen LogP contribution is -2.40. The number of hydrogen-bond donors (Lipinski definition) is 1. The van der Waals surface area contributed by atoms with Crippen LogP contribution in [-0.2, 0) is 13.1 Å². The maximum Gasteiger partial charge on any atom is 0.332 e. The number of anilines is 1. The Morgan fingerprint density at radius 3 is 2.19 bits per heavy atom. The second kappa shape index (κ2) is 5.75. The minimum Gasteiger partial charge on any atom is -0.356 e. The molecule has 2 aromatic rings. The molecule has 0 aliphatic carbocycles. The van der Waals surface area contributed by atoms with Crippen molar-refractivity contribution in [2.75, 3.05) is 11.9 Å². The fourth-order valence-corrected chi connectivity index (χ4v) is 2.60. The van der Waals surface area contributed by atoms with Crippen LogP contribution in [0.1, 0.15) is 40.7 Å². The van der Waals surface area contributed by atoms with Crippen LogP contribution in [-0.4, -0.2) is 25.2 Å². The average Bonchev–Trinajstić information content (AvgIpc) is 2.77. The van der Waals surface area contributed by atoms with Gasteiger partial charge in [0.1, 0.15) is 0 Å². The molecule has 0 spiro atoms. The van der Waals surface area contributed by atoms with Crippen LogP contribution >= 0.6 is 0 Å². The summed E-state index contributed by atoms with van der Waals surface area (Å²) in [4.78, 5) is 29.6. The Morgan fingerprint density at radius 2 is 1.71 bits per heavy atom. The van der Waals surface area contributed by atoms with Crippen LogP contribution in [0.4, 0.5) is 5.95 Å². The highest BCUT2D eigenvalue weighted by Crippen LogP contribution is 2.18. The van der Waals surface area contributed by atoms with Gasteiger partial charge in [0.2, 0.25) is 5.95 Å². The van der Waals surface area contributed by atoms with Gasteiger partial charge in [-0.05, 0) is 34.6 Å². The summed E-state index contributed by atoms with van der Waals surface area (Å²) in [5.41, 5.74) is 0.382. The number of fused-ring (bicyclic) bond motifs is 1. The SMILES string of the molecule is CCNc1nc2c(c(=O)n(CC)c(=O)n2C(C)C)n1CC. The zero-order valence-electron chi connectivity index (χ0n) is 13.3. The fraction of sp³-hybridized carbons (Fsp3) is 0.643. The van der Waals surface area contributed by atoms with Crippen LogP contribution in [0.3, 0.4) is 0 Å². The van der Waals surface area contributed by atoms with E-state index in [4.69, 9.17) is 0 Å². The minimum atomic E-state index is -0.297. The molecule has 0 aromatic carbocycles. The Balaban J connectivity index is 3.02. The van der Waals surface area contributed by atoms with Crippen molar-refractivity contribution in [2.24, 2.45) is 0 Å². The Hall–Kier alpha value is -2.05. The molecule has 0 atom stereocenters. The number of nitrogens with one attached hydrogen (secondary N) is 1. The first-order chi connectivity index (χ1) is 9.97. The number of nitrogens with zero attached hydrogens (tertiary/aromatic N) is 4. The maximum atomic E-state index is 12.6. The van der Waals surface area contributed by atoms with E-state index in [2.05, 4.69) is 10.3 Å². The highest BCUT2D eigenvalue weighted by molar-refractivity contribution is 5.74. The van der Waals surface area contributed by atoms with Gasteiger partial charge in [-0.15, -0.1) is 0 Å². The molecular weight excluding hydrogens is 270 g/mol. The summed E-state index contributed by atoms with van der Waals surface area (Å²) < 4.78 is 4.70. The summed E-state index contributed by atoms with van der Waals surface area (Å²) >= 11 is 0. The monoisotopic (exact) mass is 293 g/mol. The van der Waals surface area contributed by atoms with Crippen molar-refractivity contribution in [3.05, 3.63) is 20.8 Å². The first-order valence-corrected chi connectivity index (χ1v) is 7.47. The average molecular weight is 293 g/mol. The van der Waals surface area contributed by atoms with E-state index >= 15 is 0 Å². The predicted octanol–water partition coefficient (Wildman–Crippen LogP) is 1.41. The van der Waals surface area contributed by atoms with E-state index in [-0.39, 0.29) is 17.3 Å². The standard InChI is InChI=1S/C14H23N5O2/c1-6-15-13-16-11-10(17(13)7-2)12(20)18(8-3)14(21)19(11)9(4)5/h9H,6-8H2,1-5H3,(H,15,16). The van der Waals surface area contributed by atoms with Gasteiger partial charge in [0, 0.05) is 25.7 Å². The molecule has 0 saturated carbocycles.